The standard InChI is InChI=1S/C21H17ClN4O2.C20H17ClFN3O2/c1-3-26-21(28)20(24-17-9-4-6-14(10-17)12-23)18(13(2)27)19(25-26)15-7-5-8-16(22)11-15;1-3-25-20(27)19(23-16-10-5-4-9-15(16)22)17(12(2)26)18(24-25)13-7-6-8-14(21)11-13/h4-11,24H,3H2,1-2H3;4-11,23H,3H2,1-2H3. The van der Waals surface area contributed by atoms with Crippen LogP contribution in [0.4, 0.5) is 27.1 Å². The number of rotatable bonds is 10. The van der Waals surface area contributed by atoms with Crippen LogP contribution in [0.5, 0.6) is 0 Å². The molecule has 2 N–H and O–H groups in total. The first-order valence-corrected chi connectivity index (χ1v) is 17.7. The maximum Gasteiger partial charge on any atom is 0.291 e. The van der Waals surface area contributed by atoms with Crippen molar-refractivity contribution in [1.29, 1.82) is 5.26 Å². The molecule has 278 valence electrons. The number of hydrogen-bond donors (Lipinski definition) is 2. The van der Waals surface area contributed by atoms with E-state index in [1.54, 1.807) is 98.8 Å². The Morgan fingerprint density at radius 3 is 1.65 bits per heavy atom. The van der Waals surface area contributed by atoms with Crippen LogP contribution in [0.1, 0.15) is 54.0 Å². The molecule has 6 rings (SSSR count). The molecule has 0 radical (unpaired) electrons. The summed E-state index contributed by atoms with van der Waals surface area (Å²) in [6, 6.07) is 28.5. The molecule has 0 unspecified atom stereocenters. The largest absolute Gasteiger partial charge is 0.350 e. The Balaban J connectivity index is 0.000000211. The van der Waals surface area contributed by atoms with Crippen molar-refractivity contribution in [3.63, 3.8) is 0 Å². The highest BCUT2D eigenvalue weighted by Gasteiger charge is 2.24. The third kappa shape index (κ3) is 9.04. The summed E-state index contributed by atoms with van der Waals surface area (Å²) in [4.78, 5) is 50.7. The van der Waals surface area contributed by atoms with Gasteiger partial charge in [-0.25, -0.2) is 13.8 Å². The Kier molecular flexibility index (Phi) is 12.7. The van der Waals surface area contributed by atoms with E-state index in [1.165, 1.54) is 35.3 Å². The number of anilines is 4. The van der Waals surface area contributed by atoms with Crippen molar-refractivity contribution in [1.82, 2.24) is 19.6 Å². The SMILES string of the molecule is CCn1nc(-c2cccc(Cl)c2)c(C(C)=O)c(Nc2cccc(C#N)c2)c1=O.CCn1nc(-c2cccc(Cl)c2)c(C(C)=O)c(Nc2ccccc2F)c1=O. The monoisotopic (exact) mass is 777 g/mol. The van der Waals surface area contributed by atoms with Gasteiger partial charge in [-0.2, -0.15) is 15.5 Å². The fourth-order valence-electron chi connectivity index (χ4n) is 5.67. The maximum absolute atomic E-state index is 14.1. The molecule has 11 nitrogen and oxygen atoms in total. The second-order valence-electron chi connectivity index (χ2n) is 12.0. The first-order valence-electron chi connectivity index (χ1n) is 17.0. The lowest BCUT2D eigenvalue weighted by molar-refractivity contribution is 0.101. The summed E-state index contributed by atoms with van der Waals surface area (Å²) in [6.07, 6.45) is 0. The van der Waals surface area contributed by atoms with E-state index in [1.807, 2.05) is 0 Å². The number of para-hydroxylation sites is 1. The number of Topliss-reactive ketones (excluding diaryl/α,β-unsaturated/α-hetero) is 2. The highest BCUT2D eigenvalue weighted by molar-refractivity contribution is 6.31. The zero-order valence-corrected chi connectivity index (χ0v) is 31.7. The van der Waals surface area contributed by atoms with Gasteiger partial charge >= 0.3 is 0 Å². The minimum Gasteiger partial charge on any atom is -0.350 e. The molecular weight excluding hydrogens is 744 g/mol. The van der Waals surface area contributed by atoms with Crippen molar-refractivity contribution < 1.29 is 14.0 Å². The van der Waals surface area contributed by atoms with Crippen molar-refractivity contribution in [2.75, 3.05) is 10.6 Å². The van der Waals surface area contributed by atoms with Crippen LogP contribution in [0.3, 0.4) is 0 Å². The van der Waals surface area contributed by atoms with E-state index in [0.717, 1.165) is 0 Å². The normalized spacial score (nSPS) is 10.5. The molecule has 0 aliphatic heterocycles. The fourth-order valence-corrected chi connectivity index (χ4v) is 6.05. The summed E-state index contributed by atoms with van der Waals surface area (Å²) in [5.41, 5.74) is 2.43. The molecule has 0 aliphatic carbocycles. The Labute approximate surface area is 325 Å². The van der Waals surface area contributed by atoms with Gasteiger partial charge in [0.15, 0.2) is 11.6 Å². The lowest BCUT2D eigenvalue weighted by Crippen LogP contribution is -2.28. The molecular formula is C41H34Cl2FN7O4. The Morgan fingerprint density at radius 2 is 1.20 bits per heavy atom. The molecule has 0 saturated carbocycles. The molecule has 55 heavy (non-hydrogen) atoms. The summed E-state index contributed by atoms with van der Waals surface area (Å²) >= 11 is 12.2. The molecule has 0 atom stereocenters. The number of nitrogens with one attached hydrogen (secondary N) is 2. The summed E-state index contributed by atoms with van der Waals surface area (Å²) in [7, 11) is 0. The summed E-state index contributed by atoms with van der Waals surface area (Å²) < 4.78 is 16.6. The van der Waals surface area contributed by atoms with E-state index < -0.39 is 16.9 Å². The maximum atomic E-state index is 14.1. The van der Waals surface area contributed by atoms with Crippen molar-refractivity contribution in [2.24, 2.45) is 0 Å². The molecule has 0 fully saturated rings. The van der Waals surface area contributed by atoms with Gasteiger partial charge in [-0.1, -0.05) is 65.7 Å². The number of hydrogen-bond acceptors (Lipinski definition) is 9. The highest BCUT2D eigenvalue weighted by Crippen LogP contribution is 2.31. The molecule has 0 aliphatic rings. The van der Waals surface area contributed by atoms with E-state index >= 15 is 0 Å². The number of ketones is 2. The lowest BCUT2D eigenvalue weighted by Gasteiger charge is -2.16. The number of aryl methyl sites for hydroxylation is 2. The molecule has 14 heteroatoms. The van der Waals surface area contributed by atoms with Gasteiger partial charge in [0.2, 0.25) is 0 Å². The Morgan fingerprint density at radius 1 is 0.709 bits per heavy atom. The Hall–Kier alpha value is -6.42. The van der Waals surface area contributed by atoms with Gasteiger partial charge in [-0.3, -0.25) is 19.2 Å². The first-order chi connectivity index (χ1) is 26.4. The van der Waals surface area contributed by atoms with Crippen LogP contribution in [0.25, 0.3) is 22.5 Å². The van der Waals surface area contributed by atoms with Crippen LogP contribution in [0, 0.1) is 17.1 Å². The predicted octanol–water partition coefficient (Wildman–Crippen LogP) is 9.07. The first kappa shape index (κ1) is 39.8. The van der Waals surface area contributed by atoms with E-state index in [4.69, 9.17) is 28.5 Å². The molecule has 2 heterocycles. The second-order valence-corrected chi connectivity index (χ2v) is 12.9. The van der Waals surface area contributed by atoms with Crippen molar-refractivity contribution in [3.05, 3.63) is 150 Å². The number of nitrogens with zero attached hydrogens (tertiary/aromatic N) is 5. The van der Waals surface area contributed by atoms with Crippen LogP contribution < -0.4 is 21.8 Å². The average Bonchev–Trinajstić information content (AvgIpc) is 3.17. The number of nitriles is 1. The summed E-state index contributed by atoms with van der Waals surface area (Å²) in [5, 5.41) is 24.6. The van der Waals surface area contributed by atoms with Crippen molar-refractivity contribution in [2.45, 2.75) is 40.8 Å². The van der Waals surface area contributed by atoms with Crippen LogP contribution >= 0.6 is 23.2 Å². The number of carbonyl (C=O) groups excluding carboxylic acids is 2. The Bertz CT molecular complexity index is 2600. The molecule has 0 amide bonds. The van der Waals surface area contributed by atoms with Crippen LogP contribution in [-0.4, -0.2) is 31.1 Å². The summed E-state index contributed by atoms with van der Waals surface area (Å²) in [6.45, 7) is 6.90. The molecule has 0 spiro atoms. The van der Waals surface area contributed by atoms with Crippen LogP contribution in [0.15, 0.2) is 107 Å². The number of halogens is 3. The molecule has 6 aromatic rings. The van der Waals surface area contributed by atoms with Gasteiger partial charge in [0.25, 0.3) is 11.1 Å². The highest BCUT2D eigenvalue weighted by atomic mass is 35.5. The quantitative estimate of drug-likeness (QED) is 0.130. The molecule has 4 aromatic carbocycles. The van der Waals surface area contributed by atoms with Crippen LogP contribution in [0.2, 0.25) is 10.0 Å². The fraction of sp³-hybridized carbons (Fsp3) is 0.146. The van der Waals surface area contributed by atoms with E-state index in [2.05, 4.69) is 26.9 Å². The third-order valence-corrected chi connectivity index (χ3v) is 8.68. The van der Waals surface area contributed by atoms with Gasteiger partial charge in [0.05, 0.1) is 28.4 Å². The van der Waals surface area contributed by atoms with Gasteiger partial charge in [0.1, 0.15) is 28.6 Å². The topological polar surface area (TPSA) is 152 Å². The zero-order chi connectivity index (χ0) is 39.8. The second kappa shape index (κ2) is 17.6. The van der Waals surface area contributed by atoms with Crippen LogP contribution in [-0.2, 0) is 13.1 Å². The number of carbonyl (C=O) groups is 2. The summed E-state index contributed by atoms with van der Waals surface area (Å²) in [5.74, 6) is -1.20. The van der Waals surface area contributed by atoms with Gasteiger partial charge in [0, 0.05) is 39.9 Å². The predicted molar refractivity (Wildman–Crippen MR) is 213 cm³/mol. The van der Waals surface area contributed by atoms with E-state index in [-0.39, 0.29) is 46.3 Å². The number of aromatic nitrogens is 4. The molecule has 0 saturated heterocycles. The lowest BCUT2D eigenvalue weighted by atomic mass is 10.0. The molecule has 2 aromatic heterocycles. The minimum atomic E-state index is -0.532. The van der Waals surface area contributed by atoms with Gasteiger partial charge < -0.3 is 10.6 Å². The van der Waals surface area contributed by atoms with Crippen molar-refractivity contribution in [3.8, 4) is 28.6 Å². The van der Waals surface area contributed by atoms with Gasteiger partial charge in [-0.15, -0.1) is 0 Å². The van der Waals surface area contributed by atoms with E-state index in [9.17, 15) is 23.6 Å². The average molecular weight is 779 g/mol. The molecule has 0 bridgehead atoms. The third-order valence-electron chi connectivity index (χ3n) is 8.21. The number of benzene rings is 4. The van der Waals surface area contributed by atoms with Gasteiger partial charge in [-0.05, 0) is 82.3 Å². The smallest absolute Gasteiger partial charge is 0.291 e. The minimum absolute atomic E-state index is 0.0144. The zero-order valence-electron chi connectivity index (χ0n) is 30.2. The van der Waals surface area contributed by atoms with Crippen molar-refractivity contribution >= 4 is 57.5 Å². The van der Waals surface area contributed by atoms with E-state index in [0.29, 0.717) is 50.4 Å².